The molecule has 0 saturated heterocycles. The number of anilines is 1. The van der Waals surface area contributed by atoms with Gasteiger partial charge in [0.25, 0.3) is 5.56 Å². The Kier molecular flexibility index (Phi) is 10.1. The standard InChI is InChI=1S/C27H41N3O3/c1-7-10-11-12-13-18-29(22-14-16-23(17-15-22)33-27(5,6)9-3)26(32)20-30-24(8-2)28-21(4)19-25(30)31/h14-17,19H,7-13,18,20H2,1-6H3. The van der Waals surface area contributed by atoms with Gasteiger partial charge in [0, 0.05) is 30.4 Å². The minimum absolute atomic E-state index is 0.00857. The van der Waals surface area contributed by atoms with E-state index in [0.717, 1.165) is 30.7 Å². The van der Waals surface area contributed by atoms with Crippen LogP contribution in [0.3, 0.4) is 0 Å². The summed E-state index contributed by atoms with van der Waals surface area (Å²) in [6.45, 7) is 12.8. The van der Waals surface area contributed by atoms with Gasteiger partial charge in [0.1, 0.15) is 23.7 Å². The average Bonchev–Trinajstić information content (AvgIpc) is 2.78. The number of benzene rings is 1. The first-order valence-electron chi connectivity index (χ1n) is 12.4. The molecule has 2 rings (SSSR count). The monoisotopic (exact) mass is 455 g/mol. The van der Waals surface area contributed by atoms with Crippen molar-refractivity contribution in [3.63, 3.8) is 0 Å². The normalized spacial score (nSPS) is 11.5. The summed E-state index contributed by atoms with van der Waals surface area (Å²) in [4.78, 5) is 32.3. The van der Waals surface area contributed by atoms with Crippen molar-refractivity contribution in [2.75, 3.05) is 11.4 Å². The lowest BCUT2D eigenvalue weighted by molar-refractivity contribution is -0.119. The summed E-state index contributed by atoms with van der Waals surface area (Å²) in [5.74, 6) is 1.32. The van der Waals surface area contributed by atoms with Gasteiger partial charge in [-0.15, -0.1) is 0 Å². The molecule has 0 aliphatic rings. The zero-order chi connectivity index (χ0) is 24.4. The van der Waals surface area contributed by atoms with E-state index in [1.807, 2.05) is 31.2 Å². The summed E-state index contributed by atoms with van der Waals surface area (Å²) in [6, 6.07) is 9.19. The van der Waals surface area contributed by atoms with E-state index in [-0.39, 0.29) is 23.6 Å². The minimum Gasteiger partial charge on any atom is -0.488 e. The minimum atomic E-state index is -0.244. The summed E-state index contributed by atoms with van der Waals surface area (Å²) in [7, 11) is 0. The maximum atomic E-state index is 13.4. The van der Waals surface area contributed by atoms with Gasteiger partial charge in [0.2, 0.25) is 5.91 Å². The van der Waals surface area contributed by atoms with E-state index in [2.05, 4.69) is 32.7 Å². The van der Waals surface area contributed by atoms with Crippen molar-refractivity contribution in [1.82, 2.24) is 9.55 Å². The van der Waals surface area contributed by atoms with Gasteiger partial charge in [0.05, 0.1) is 0 Å². The molecule has 6 nitrogen and oxygen atoms in total. The molecule has 1 aromatic carbocycles. The highest BCUT2D eigenvalue weighted by atomic mass is 16.5. The molecule has 0 spiro atoms. The Morgan fingerprint density at radius 1 is 1.06 bits per heavy atom. The van der Waals surface area contributed by atoms with Crippen molar-refractivity contribution in [3.8, 4) is 5.75 Å². The topological polar surface area (TPSA) is 64.4 Å². The van der Waals surface area contributed by atoms with E-state index in [1.54, 1.807) is 11.8 Å². The molecule has 0 aliphatic heterocycles. The summed E-state index contributed by atoms with van der Waals surface area (Å²) in [5, 5.41) is 0. The van der Waals surface area contributed by atoms with Gasteiger partial charge < -0.3 is 9.64 Å². The van der Waals surface area contributed by atoms with Crippen LogP contribution >= 0.6 is 0 Å². The van der Waals surface area contributed by atoms with Crippen LogP contribution in [0.15, 0.2) is 35.1 Å². The molecule has 1 amide bonds. The van der Waals surface area contributed by atoms with E-state index in [1.165, 1.54) is 29.9 Å². The van der Waals surface area contributed by atoms with E-state index >= 15 is 0 Å². The van der Waals surface area contributed by atoms with Gasteiger partial charge in [-0.25, -0.2) is 4.98 Å². The quantitative estimate of drug-likeness (QED) is 0.364. The molecule has 0 radical (unpaired) electrons. The first-order valence-corrected chi connectivity index (χ1v) is 12.4. The first-order chi connectivity index (χ1) is 15.7. The molecule has 1 heterocycles. The first kappa shape index (κ1) is 26.6. The molecule has 2 aromatic rings. The van der Waals surface area contributed by atoms with Crippen LogP contribution < -0.4 is 15.2 Å². The van der Waals surface area contributed by atoms with Crippen LogP contribution in [-0.2, 0) is 17.8 Å². The van der Waals surface area contributed by atoms with E-state index in [4.69, 9.17) is 4.74 Å². The van der Waals surface area contributed by atoms with Crippen LogP contribution in [0.5, 0.6) is 5.75 Å². The van der Waals surface area contributed by atoms with Crippen molar-refractivity contribution >= 4 is 11.6 Å². The Balaban J connectivity index is 2.25. The van der Waals surface area contributed by atoms with Crippen LogP contribution in [-0.4, -0.2) is 27.6 Å². The Morgan fingerprint density at radius 2 is 1.73 bits per heavy atom. The third-order valence-electron chi connectivity index (χ3n) is 6.01. The Morgan fingerprint density at radius 3 is 2.33 bits per heavy atom. The fourth-order valence-electron chi connectivity index (χ4n) is 3.70. The number of nitrogens with zero attached hydrogens (tertiary/aromatic N) is 3. The molecule has 0 aliphatic carbocycles. The van der Waals surface area contributed by atoms with Crippen molar-refractivity contribution in [2.45, 2.75) is 98.6 Å². The highest BCUT2D eigenvalue weighted by molar-refractivity contribution is 5.93. The molecule has 6 heteroatoms. The smallest absolute Gasteiger partial charge is 0.254 e. The lowest BCUT2D eigenvalue weighted by Crippen LogP contribution is -2.38. The predicted molar refractivity (Wildman–Crippen MR) is 135 cm³/mol. The molecular formula is C27H41N3O3. The zero-order valence-corrected chi connectivity index (χ0v) is 21.3. The summed E-state index contributed by atoms with van der Waals surface area (Å²) >= 11 is 0. The maximum absolute atomic E-state index is 13.4. The van der Waals surface area contributed by atoms with Gasteiger partial charge >= 0.3 is 0 Å². The van der Waals surface area contributed by atoms with Crippen LogP contribution in [0.2, 0.25) is 0 Å². The number of carbonyl (C=O) groups is 1. The van der Waals surface area contributed by atoms with E-state index in [0.29, 0.717) is 24.5 Å². The van der Waals surface area contributed by atoms with E-state index < -0.39 is 0 Å². The number of amides is 1. The molecule has 0 saturated carbocycles. The highest BCUT2D eigenvalue weighted by Gasteiger charge is 2.20. The lowest BCUT2D eigenvalue weighted by atomic mass is 10.1. The molecule has 33 heavy (non-hydrogen) atoms. The number of aromatic nitrogens is 2. The van der Waals surface area contributed by atoms with Gasteiger partial charge in [0.15, 0.2) is 0 Å². The second kappa shape index (κ2) is 12.6. The number of unbranched alkanes of at least 4 members (excludes halogenated alkanes) is 4. The number of hydrogen-bond donors (Lipinski definition) is 0. The number of aryl methyl sites for hydroxylation is 2. The molecule has 1 aromatic heterocycles. The fourth-order valence-corrected chi connectivity index (χ4v) is 3.70. The Bertz CT molecular complexity index is 948. The van der Waals surface area contributed by atoms with Crippen molar-refractivity contribution < 1.29 is 9.53 Å². The van der Waals surface area contributed by atoms with Crippen molar-refractivity contribution in [2.24, 2.45) is 0 Å². The summed E-state index contributed by atoms with van der Waals surface area (Å²) in [6.07, 6.45) is 7.05. The predicted octanol–water partition coefficient (Wildman–Crippen LogP) is 5.69. The second-order valence-corrected chi connectivity index (χ2v) is 9.26. The van der Waals surface area contributed by atoms with Crippen molar-refractivity contribution in [3.05, 3.63) is 52.2 Å². The summed E-state index contributed by atoms with van der Waals surface area (Å²) < 4.78 is 7.57. The molecule has 182 valence electrons. The Hall–Kier alpha value is -2.63. The molecule has 0 atom stereocenters. The van der Waals surface area contributed by atoms with Crippen LogP contribution in [0.4, 0.5) is 5.69 Å². The van der Waals surface area contributed by atoms with Crippen LogP contribution in [0.1, 0.15) is 84.7 Å². The maximum Gasteiger partial charge on any atom is 0.254 e. The summed E-state index contributed by atoms with van der Waals surface area (Å²) in [5.41, 5.74) is 1.08. The van der Waals surface area contributed by atoms with Gasteiger partial charge in [-0.1, -0.05) is 46.5 Å². The van der Waals surface area contributed by atoms with Crippen LogP contribution in [0.25, 0.3) is 0 Å². The molecule has 0 N–H and O–H groups in total. The molecular weight excluding hydrogens is 414 g/mol. The van der Waals surface area contributed by atoms with Crippen LogP contribution in [0, 0.1) is 6.92 Å². The van der Waals surface area contributed by atoms with Crippen molar-refractivity contribution in [1.29, 1.82) is 0 Å². The Labute approximate surface area is 199 Å². The average molecular weight is 456 g/mol. The van der Waals surface area contributed by atoms with Gasteiger partial charge in [-0.3, -0.25) is 14.2 Å². The number of hydrogen-bond acceptors (Lipinski definition) is 4. The second-order valence-electron chi connectivity index (χ2n) is 9.26. The van der Waals surface area contributed by atoms with E-state index in [9.17, 15) is 9.59 Å². The molecule has 0 unspecified atom stereocenters. The molecule has 0 fully saturated rings. The third kappa shape index (κ3) is 8.02. The number of rotatable bonds is 13. The van der Waals surface area contributed by atoms with Gasteiger partial charge in [-0.05, 0) is 57.9 Å². The highest BCUT2D eigenvalue weighted by Crippen LogP contribution is 2.25. The lowest BCUT2D eigenvalue weighted by Gasteiger charge is -2.26. The number of ether oxygens (including phenoxy) is 1. The zero-order valence-electron chi connectivity index (χ0n) is 21.3. The largest absolute Gasteiger partial charge is 0.488 e. The third-order valence-corrected chi connectivity index (χ3v) is 6.01. The van der Waals surface area contributed by atoms with Gasteiger partial charge in [-0.2, -0.15) is 0 Å². The fraction of sp³-hybridized carbons (Fsp3) is 0.593. The number of carbonyl (C=O) groups excluding carboxylic acids is 1. The molecule has 0 bridgehead atoms. The SMILES string of the molecule is CCCCCCCN(C(=O)Cn1c(CC)nc(C)cc1=O)c1ccc(OC(C)(C)CC)cc1.